The molecule has 1 aliphatic carbocycles. The van der Waals surface area contributed by atoms with Gasteiger partial charge in [0, 0.05) is 13.5 Å². The molecule has 1 unspecified atom stereocenters. The summed E-state index contributed by atoms with van der Waals surface area (Å²) in [4.78, 5) is 49.8. The molecule has 4 rings (SSSR count). The molecule has 2 heterocycles. The molecule has 184 valence electrons. The van der Waals surface area contributed by atoms with Crippen LogP contribution in [-0.2, 0) is 32.6 Å². The number of aromatic nitrogens is 2. The molecule has 1 N–H and O–H groups in total. The number of hydrogen-bond acceptors (Lipinski definition) is 5. The molecule has 1 saturated carbocycles. The Kier molecular flexibility index (Phi) is 6.44. The Hall–Kier alpha value is -2.90. The summed E-state index contributed by atoms with van der Waals surface area (Å²) in [5.41, 5.74) is 1.55. The van der Waals surface area contributed by atoms with E-state index < -0.39 is 17.6 Å². The highest BCUT2D eigenvalue weighted by Crippen LogP contribution is 2.43. The van der Waals surface area contributed by atoms with E-state index in [1.165, 1.54) is 11.0 Å². The second-order valence-corrected chi connectivity index (χ2v) is 11.0. The molecule has 2 aliphatic rings. The summed E-state index contributed by atoms with van der Waals surface area (Å²) in [6.45, 7) is 5.67. The lowest BCUT2D eigenvalue weighted by Gasteiger charge is -2.37. The minimum Gasteiger partial charge on any atom is -0.460 e. The van der Waals surface area contributed by atoms with E-state index in [2.05, 4.69) is 5.32 Å². The lowest BCUT2D eigenvalue weighted by Crippen LogP contribution is -2.44. The summed E-state index contributed by atoms with van der Waals surface area (Å²) in [6.07, 6.45) is 6.96. The first-order valence-corrected chi connectivity index (χ1v) is 12.2. The predicted octanol–water partition coefficient (Wildman–Crippen LogP) is 3.54. The van der Waals surface area contributed by atoms with Gasteiger partial charge >= 0.3 is 11.7 Å². The Balaban J connectivity index is 1.65. The molecule has 1 saturated heterocycles. The first-order valence-electron chi connectivity index (χ1n) is 12.2. The van der Waals surface area contributed by atoms with E-state index in [9.17, 15) is 19.2 Å². The number of imidazole rings is 1. The number of nitrogens with one attached hydrogen (secondary N) is 1. The molecule has 1 aromatic heterocycles. The molecule has 8 nitrogen and oxygen atoms in total. The number of amides is 2. The van der Waals surface area contributed by atoms with Crippen LogP contribution < -0.4 is 11.0 Å². The normalized spacial score (nSPS) is 20.9. The van der Waals surface area contributed by atoms with Crippen molar-refractivity contribution in [3.8, 4) is 0 Å². The van der Waals surface area contributed by atoms with Crippen molar-refractivity contribution in [1.29, 1.82) is 0 Å². The fraction of sp³-hybridized carbons (Fsp3) is 0.615. The first-order chi connectivity index (χ1) is 16.0. The third kappa shape index (κ3) is 4.95. The molecule has 1 aromatic carbocycles. The Morgan fingerprint density at radius 2 is 1.82 bits per heavy atom. The molecule has 1 aliphatic heterocycles. The number of fused-ring (bicyclic) bond motifs is 1. The maximum absolute atomic E-state index is 13.1. The number of piperidine rings is 1. The highest BCUT2D eigenvalue weighted by atomic mass is 16.6. The lowest BCUT2D eigenvalue weighted by atomic mass is 9.68. The third-order valence-electron chi connectivity index (χ3n) is 7.11. The summed E-state index contributed by atoms with van der Waals surface area (Å²) >= 11 is 0. The quantitative estimate of drug-likeness (QED) is 0.533. The van der Waals surface area contributed by atoms with Crippen LogP contribution in [0.5, 0.6) is 0 Å². The molecule has 0 bridgehead atoms. The topological polar surface area (TPSA) is 99.4 Å². The zero-order valence-electron chi connectivity index (χ0n) is 20.6. The number of esters is 1. The number of benzene rings is 1. The molecule has 2 amide bonds. The molecular weight excluding hydrogens is 434 g/mol. The van der Waals surface area contributed by atoms with Gasteiger partial charge in [-0.2, -0.15) is 0 Å². The van der Waals surface area contributed by atoms with Crippen molar-refractivity contribution in [2.24, 2.45) is 12.5 Å². The average molecular weight is 470 g/mol. The van der Waals surface area contributed by atoms with Gasteiger partial charge in [0.1, 0.15) is 11.6 Å². The Morgan fingerprint density at radius 1 is 1.12 bits per heavy atom. The number of rotatable bonds is 5. The van der Waals surface area contributed by atoms with Gasteiger partial charge in [-0.1, -0.05) is 25.3 Å². The van der Waals surface area contributed by atoms with Crippen LogP contribution in [0.2, 0.25) is 0 Å². The molecule has 1 atom stereocenters. The minimum absolute atomic E-state index is 0.153. The van der Waals surface area contributed by atoms with Gasteiger partial charge in [-0.3, -0.25) is 28.8 Å². The van der Waals surface area contributed by atoms with E-state index >= 15 is 0 Å². The zero-order chi connectivity index (χ0) is 24.7. The van der Waals surface area contributed by atoms with E-state index in [0.717, 1.165) is 43.2 Å². The van der Waals surface area contributed by atoms with Crippen LogP contribution in [0.3, 0.4) is 0 Å². The fourth-order valence-electron chi connectivity index (χ4n) is 5.58. The van der Waals surface area contributed by atoms with Gasteiger partial charge in [0.05, 0.1) is 17.5 Å². The van der Waals surface area contributed by atoms with Crippen LogP contribution in [0, 0.1) is 5.41 Å². The van der Waals surface area contributed by atoms with Crippen LogP contribution in [0.25, 0.3) is 11.0 Å². The molecule has 8 heteroatoms. The largest absolute Gasteiger partial charge is 0.460 e. The maximum Gasteiger partial charge on any atom is 0.329 e. The van der Waals surface area contributed by atoms with Crippen molar-refractivity contribution in [1.82, 2.24) is 14.5 Å². The van der Waals surface area contributed by atoms with Crippen molar-refractivity contribution in [2.45, 2.75) is 90.2 Å². The van der Waals surface area contributed by atoms with Gasteiger partial charge in [0.15, 0.2) is 0 Å². The van der Waals surface area contributed by atoms with Crippen LogP contribution in [0.1, 0.15) is 83.7 Å². The number of aryl methyl sites for hydroxylation is 1. The number of hydrogen-bond donors (Lipinski definition) is 1. The number of carbonyl (C=O) groups excluding carboxylic acids is 3. The Morgan fingerprint density at radius 3 is 2.47 bits per heavy atom. The summed E-state index contributed by atoms with van der Waals surface area (Å²) in [5, 5.41) is 2.34. The first kappa shape index (κ1) is 24.2. The van der Waals surface area contributed by atoms with Gasteiger partial charge in [-0.05, 0) is 69.6 Å². The molecular formula is C26H35N3O5. The Bertz CT molecular complexity index is 1180. The van der Waals surface area contributed by atoms with E-state index in [1.807, 2.05) is 39.0 Å². The smallest absolute Gasteiger partial charge is 0.329 e. The number of ether oxygens (including phenoxy) is 1. The van der Waals surface area contributed by atoms with Gasteiger partial charge in [0.25, 0.3) is 0 Å². The van der Waals surface area contributed by atoms with Crippen LogP contribution in [0.4, 0.5) is 0 Å². The molecule has 0 spiro atoms. The minimum atomic E-state index is -0.698. The maximum atomic E-state index is 13.1. The third-order valence-corrected chi connectivity index (χ3v) is 7.11. The highest BCUT2D eigenvalue weighted by molar-refractivity contribution is 6.00. The van der Waals surface area contributed by atoms with Gasteiger partial charge in [-0.15, -0.1) is 0 Å². The summed E-state index contributed by atoms with van der Waals surface area (Å²) < 4.78 is 8.70. The second-order valence-electron chi connectivity index (χ2n) is 11.0. The summed E-state index contributed by atoms with van der Waals surface area (Å²) in [5.74, 6) is -0.903. The van der Waals surface area contributed by atoms with E-state index in [0.29, 0.717) is 18.4 Å². The second kappa shape index (κ2) is 9.04. The summed E-state index contributed by atoms with van der Waals surface area (Å²) in [6, 6.07) is 5.19. The van der Waals surface area contributed by atoms with E-state index in [-0.39, 0.29) is 29.4 Å². The van der Waals surface area contributed by atoms with Gasteiger partial charge in [-0.25, -0.2) is 4.79 Å². The van der Waals surface area contributed by atoms with Gasteiger partial charge in [0.2, 0.25) is 11.8 Å². The highest BCUT2D eigenvalue weighted by Gasteiger charge is 2.37. The predicted molar refractivity (Wildman–Crippen MR) is 128 cm³/mol. The van der Waals surface area contributed by atoms with Gasteiger partial charge < -0.3 is 4.74 Å². The molecule has 2 fully saturated rings. The van der Waals surface area contributed by atoms with Crippen LogP contribution >= 0.6 is 0 Å². The zero-order valence-corrected chi connectivity index (χ0v) is 20.6. The van der Waals surface area contributed by atoms with Crippen molar-refractivity contribution in [3.05, 3.63) is 34.2 Å². The Labute approximate surface area is 199 Å². The van der Waals surface area contributed by atoms with Crippen LogP contribution in [-0.4, -0.2) is 32.5 Å². The van der Waals surface area contributed by atoms with Crippen molar-refractivity contribution < 1.29 is 19.1 Å². The average Bonchev–Trinajstić information content (AvgIpc) is 2.97. The SMILES string of the molecule is Cn1c(=O)n(C2CCC(=O)NC2=O)c2ccc(CC3(CC(=O)OC(C)(C)C)CCCCC3)cc21. The van der Waals surface area contributed by atoms with Crippen molar-refractivity contribution >= 4 is 28.8 Å². The molecule has 34 heavy (non-hydrogen) atoms. The number of nitrogens with zero attached hydrogens (tertiary/aromatic N) is 2. The summed E-state index contributed by atoms with van der Waals surface area (Å²) in [7, 11) is 1.70. The molecule has 2 aromatic rings. The fourth-order valence-corrected chi connectivity index (χ4v) is 5.58. The van der Waals surface area contributed by atoms with Crippen molar-refractivity contribution in [3.63, 3.8) is 0 Å². The number of carbonyl (C=O) groups is 3. The number of imide groups is 1. The van der Waals surface area contributed by atoms with Crippen molar-refractivity contribution in [2.75, 3.05) is 0 Å². The van der Waals surface area contributed by atoms with E-state index in [1.54, 1.807) is 11.6 Å². The van der Waals surface area contributed by atoms with Crippen LogP contribution in [0.15, 0.2) is 23.0 Å². The van der Waals surface area contributed by atoms with E-state index in [4.69, 9.17) is 4.74 Å². The monoisotopic (exact) mass is 469 g/mol. The lowest BCUT2D eigenvalue weighted by molar-refractivity contribution is -0.158. The molecule has 0 radical (unpaired) electrons. The standard InChI is InChI=1S/C26H35N3O5/c1-25(2,3)34-22(31)16-26(12-6-5-7-13-26)15-17-8-9-18-20(14-17)28(4)24(33)29(18)19-10-11-21(30)27-23(19)32/h8-9,14,19H,5-7,10-13,15-16H2,1-4H3,(H,27,30,32).